The highest BCUT2D eigenvalue weighted by Crippen LogP contribution is 2.31. The van der Waals surface area contributed by atoms with Gasteiger partial charge >= 0.3 is 0 Å². The van der Waals surface area contributed by atoms with Crippen LogP contribution in [0.4, 0.5) is 4.39 Å². The molecule has 0 saturated carbocycles. The fraction of sp³-hybridized carbons (Fsp3) is 0.333. The molecule has 0 spiro atoms. The summed E-state index contributed by atoms with van der Waals surface area (Å²) in [5, 5.41) is 0.999. The maximum absolute atomic E-state index is 12.9. The third kappa shape index (κ3) is 1.41. The van der Waals surface area contributed by atoms with Crippen LogP contribution in [0, 0.1) is 5.82 Å². The smallest absolute Gasteiger partial charge is 0.137 e. The molecule has 74 valence electrons. The minimum Gasteiger partial charge on any atom is -0.464 e. The van der Waals surface area contributed by atoms with Gasteiger partial charge in [0.1, 0.15) is 11.4 Å². The van der Waals surface area contributed by atoms with E-state index >= 15 is 0 Å². The third-order valence-electron chi connectivity index (χ3n) is 2.35. The quantitative estimate of drug-likeness (QED) is 0.617. The van der Waals surface area contributed by atoms with Gasteiger partial charge in [-0.3, -0.25) is 0 Å². The maximum atomic E-state index is 12.9. The average molecular weight is 192 g/mol. The second kappa shape index (κ2) is 2.84. The average Bonchev–Trinajstić information content (AvgIpc) is 2.45. The van der Waals surface area contributed by atoms with Gasteiger partial charge in [-0.15, -0.1) is 0 Å². The fourth-order valence-corrected chi connectivity index (χ4v) is 1.58. The lowest BCUT2D eigenvalue weighted by Crippen LogP contribution is -2.09. The summed E-state index contributed by atoms with van der Waals surface area (Å²) in [6.07, 6.45) is 1.71. The van der Waals surface area contributed by atoms with Gasteiger partial charge in [0, 0.05) is 17.0 Å². The minimum absolute atomic E-state index is 0.0308. The molecule has 0 aliphatic heterocycles. The van der Waals surface area contributed by atoms with Gasteiger partial charge < -0.3 is 4.42 Å². The first-order chi connectivity index (χ1) is 6.48. The number of hydrogen-bond donors (Lipinski definition) is 0. The summed E-state index contributed by atoms with van der Waals surface area (Å²) in [5.41, 5.74) is 1.77. The number of benzene rings is 1. The van der Waals surface area contributed by atoms with E-state index in [9.17, 15) is 4.39 Å². The molecule has 1 aromatic heterocycles. The number of halogens is 1. The molecule has 0 unspecified atom stereocenters. The van der Waals surface area contributed by atoms with E-state index in [1.807, 2.05) is 0 Å². The molecule has 0 saturated heterocycles. The van der Waals surface area contributed by atoms with Gasteiger partial charge in [0.05, 0.1) is 6.26 Å². The molecule has 0 N–H and O–H groups in total. The third-order valence-corrected chi connectivity index (χ3v) is 2.35. The second-order valence-electron chi connectivity index (χ2n) is 4.54. The highest BCUT2D eigenvalue weighted by atomic mass is 19.1. The van der Waals surface area contributed by atoms with E-state index in [-0.39, 0.29) is 11.2 Å². The Bertz CT molecular complexity index is 463. The molecule has 1 aromatic carbocycles. The number of hydrogen-bond acceptors (Lipinski definition) is 1. The summed E-state index contributed by atoms with van der Waals surface area (Å²) < 4.78 is 18.2. The first kappa shape index (κ1) is 9.25. The van der Waals surface area contributed by atoms with Crippen LogP contribution in [0.1, 0.15) is 26.3 Å². The molecule has 0 bridgehead atoms. The van der Waals surface area contributed by atoms with Gasteiger partial charge in [0.2, 0.25) is 0 Å². The Hall–Kier alpha value is -1.31. The highest BCUT2D eigenvalue weighted by Gasteiger charge is 2.19. The molecule has 2 heteroatoms. The predicted octanol–water partition coefficient (Wildman–Crippen LogP) is 3.87. The van der Waals surface area contributed by atoms with Crippen molar-refractivity contribution >= 4 is 11.0 Å². The first-order valence-electron chi connectivity index (χ1n) is 4.66. The van der Waals surface area contributed by atoms with E-state index in [1.165, 1.54) is 12.1 Å². The van der Waals surface area contributed by atoms with Gasteiger partial charge in [-0.2, -0.15) is 0 Å². The summed E-state index contributed by atoms with van der Waals surface area (Å²) in [7, 11) is 0. The van der Waals surface area contributed by atoms with Crippen LogP contribution < -0.4 is 0 Å². The van der Waals surface area contributed by atoms with E-state index in [1.54, 1.807) is 12.3 Å². The Morgan fingerprint density at radius 2 is 1.93 bits per heavy atom. The molecule has 14 heavy (non-hydrogen) atoms. The molecule has 0 aliphatic carbocycles. The van der Waals surface area contributed by atoms with Crippen LogP contribution in [0.5, 0.6) is 0 Å². The van der Waals surface area contributed by atoms with Crippen molar-refractivity contribution in [3.8, 4) is 0 Å². The van der Waals surface area contributed by atoms with Gasteiger partial charge in [0.15, 0.2) is 0 Å². The van der Waals surface area contributed by atoms with Crippen LogP contribution in [-0.2, 0) is 5.41 Å². The monoisotopic (exact) mass is 192 g/mol. The molecule has 0 radical (unpaired) electrons. The zero-order valence-electron chi connectivity index (χ0n) is 8.60. The summed E-state index contributed by atoms with van der Waals surface area (Å²) in [5.74, 6) is -0.257. The van der Waals surface area contributed by atoms with Gasteiger partial charge in [-0.05, 0) is 17.5 Å². The molecule has 2 rings (SSSR count). The van der Waals surface area contributed by atoms with Crippen molar-refractivity contribution in [1.29, 1.82) is 0 Å². The fourth-order valence-electron chi connectivity index (χ4n) is 1.58. The van der Waals surface area contributed by atoms with Crippen molar-refractivity contribution in [3.63, 3.8) is 0 Å². The van der Waals surface area contributed by atoms with Crippen LogP contribution in [0.25, 0.3) is 11.0 Å². The Labute approximate surface area is 82.5 Å². The summed E-state index contributed by atoms with van der Waals surface area (Å²) in [6, 6.07) is 4.66. The first-order valence-corrected chi connectivity index (χ1v) is 4.66. The highest BCUT2D eigenvalue weighted by molar-refractivity contribution is 5.82. The summed E-state index contributed by atoms with van der Waals surface area (Å²) in [6.45, 7) is 6.34. The molecular formula is C12H13FO. The van der Waals surface area contributed by atoms with Crippen molar-refractivity contribution in [1.82, 2.24) is 0 Å². The molecule has 1 nitrogen and oxygen atoms in total. The SMILES string of the molecule is CC(C)(C)c1coc2cc(F)ccc12. The minimum atomic E-state index is -0.257. The van der Waals surface area contributed by atoms with Crippen molar-refractivity contribution in [2.24, 2.45) is 0 Å². The lowest BCUT2D eigenvalue weighted by atomic mass is 9.87. The molecule has 1 heterocycles. The lowest BCUT2D eigenvalue weighted by Gasteiger charge is -2.16. The van der Waals surface area contributed by atoms with Crippen LogP contribution in [0.3, 0.4) is 0 Å². The normalized spacial score (nSPS) is 12.3. The van der Waals surface area contributed by atoms with Gasteiger partial charge in [-0.25, -0.2) is 4.39 Å². The molecule has 0 fully saturated rings. The summed E-state index contributed by atoms with van der Waals surface area (Å²) >= 11 is 0. The lowest BCUT2D eigenvalue weighted by molar-refractivity contribution is 0.555. The van der Waals surface area contributed by atoms with Crippen molar-refractivity contribution in [2.75, 3.05) is 0 Å². The number of furan rings is 1. The van der Waals surface area contributed by atoms with Crippen molar-refractivity contribution in [3.05, 3.63) is 35.8 Å². The van der Waals surface area contributed by atoms with Crippen LogP contribution >= 0.6 is 0 Å². The zero-order valence-corrected chi connectivity index (χ0v) is 8.60. The topological polar surface area (TPSA) is 13.1 Å². The standard InChI is InChI=1S/C12H13FO/c1-12(2,3)10-7-14-11-6-8(13)4-5-9(10)11/h4-7H,1-3H3. The van der Waals surface area contributed by atoms with Crippen LogP contribution in [0.15, 0.2) is 28.9 Å². The predicted molar refractivity (Wildman–Crippen MR) is 54.9 cm³/mol. The Kier molecular flexibility index (Phi) is 1.88. The molecule has 0 amide bonds. The van der Waals surface area contributed by atoms with E-state index in [4.69, 9.17) is 4.42 Å². The van der Waals surface area contributed by atoms with Crippen molar-refractivity contribution in [2.45, 2.75) is 26.2 Å². The zero-order chi connectivity index (χ0) is 10.3. The Morgan fingerprint density at radius 3 is 2.57 bits per heavy atom. The van der Waals surface area contributed by atoms with E-state index in [2.05, 4.69) is 20.8 Å². The number of rotatable bonds is 0. The van der Waals surface area contributed by atoms with E-state index < -0.39 is 0 Å². The van der Waals surface area contributed by atoms with Crippen molar-refractivity contribution < 1.29 is 8.81 Å². The molecule has 2 aromatic rings. The van der Waals surface area contributed by atoms with Gasteiger partial charge in [-0.1, -0.05) is 20.8 Å². The largest absolute Gasteiger partial charge is 0.464 e. The summed E-state index contributed by atoms with van der Waals surface area (Å²) in [4.78, 5) is 0. The molecule has 0 aliphatic rings. The molecular weight excluding hydrogens is 179 g/mol. The number of fused-ring (bicyclic) bond motifs is 1. The van der Waals surface area contributed by atoms with E-state index in [0.29, 0.717) is 5.58 Å². The van der Waals surface area contributed by atoms with Crippen LogP contribution in [-0.4, -0.2) is 0 Å². The van der Waals surface area contributed by atoms with Crippen LogP contribution in [0.2, 0.25) is 0 Å². The van der Waals surface area contributed by atoms with Gasteiger partial charge in [0.25, 0.3) is 0 Å². The molecule has 0 atom stereocenters. The Morgan fingerprint density at radius 1 is 1.21 bits per heavy atom. The maximum Gasteiger partial charge on any atom is 0.137 e. The van der Waals surface area contributed by atoms with E-state index in [0.717, 1.165) is 10.9 Å². The Balaban J connectivity index is 2.70. The second-order valence-corrected chi connectivity index (χ2v) is 4.54.